The Kier molecular flexibility index (Phi) is 3.05. The van der Waals surface area contributed by atoms with Crippen LogP contribution < -0.4 is 4.74 Å². The molecule has 1 aliphatic rings. The first-order chi connectivity index (χ1) is 10.1. The number of carbonyl (C=O) groups is 2. The van der Waals surface area contributed by atoms with Crippen LogP contribution in [-0.4, -0.2) is 18.7 Å². The van der Waals surface area contributed by atoms with Crippen LogP contribution in [0.15, 0.2) is 36.4 Å². The maximum absolute atomic E-state index is 14.1. The largest absolute Gasteiger partial charge is 0.496 e. The highest BCUT2D eigenvalue weighted by Gasteiger charge is 2.42. The summed E-state index contributed by atoms with van der Waals surface area (Å²) < 4.78 is 32.6. The number of methoxy groups -OCH3 is 1. The quantitative estimate of drug-likeness (QED) is 0.797. The Bertz CT molecular complexity index is 733. The second kappa shape index (κ2) is 4.77. The highest BCUT2D eigenvalue weighted by Crippen LogP contribution is 2.39. The van der Waals surface area contributed by atoms with Crippen LogP contribution in [0.1, 0.15) is 32.2 Å². The van der Waals surface area contributed by atoms with Crippen molar-refractivity contribution in [1.29, 1.82) is 0 Å². The van der Waals surface area contributed by atoms with E-state index in [0.717, 1.165) is 6.07 Å². The van der Waals surface area contributed by atoms with E-state index >= 15 is 0 Å². The van der Waals surface area contributed by atoms with E-state index in [9.17, 15) is 18.4 Å². The molecule has 0 bridgehead atoms. The molecule has 0 aliphatic heterocycles. The van der Waals surface area contributed by atoms with Crippen molar-refractivity contribution < 1.29 is 23.1 Å². The van der Waals surface area contributed by atoms with Crippen LogP contribution in [0.3, 0.4) is 0 Å². The van der Waals surface area contributed by atoms with E-state index in [-0.39, 0.29) is 22.4 Å². The Morgan fingerprint density at radius 1 is 0.952 bits per heavy atom. The Balaban J connectivity index is 2.22. The maximum atomic E-state index is 14.1. The summed E-state index contributed by atoms with van der Waals surface area (Å²) in [5.41, 5.74) is 0.0973. The van der Waals surface area contributed by atoms with Crippen molar-refractivity contribution in [3.05, 3.63) is 64.7 Å². The first-order valence-corrected chi connectivity index (χ1v) is 6.25. The number of ether oxygens (including phenoxy) is 1. The minimum Gasteiger partial charge on any atom is -0.496 e. The van der Waals surface area contributed by atoms with E-state index in [1.165, 1.54) is 25.3 Å². The van der Waals surface area contributed by atoms with Crippen LogP contribution in [0.4, 0.5) is 8.78 Å². The molecule has 0 unspecified atom stereocenters. The minimum atomic E-state index is -1.40. The van der Waals surface area contributed by atoms with Crippen LogP contribution in [0, 0.1) is 11.6 Å². The zero-order valence-electron chi connectivity index (χ0n) is 11.0. The third-order valence-electron chi connectivity index (χ3n) is 3.58. The number of Topliss-reactive ketones (excluding diaryl/α,β-unsaturated/α-hetero) is 2. The fourth-order valence-electron chi connectivity index (χ4n) is 2.60. The molecule has 0 amide bonds. The molecule has 0 heterocycles. The van der Waals surface area contributed by atoms with Gasteiger partial charge >= 0.3 is 0 Å². The Morgan fingerprint density at radius 2 is 1.52 bits per heavy atom. The normalized spacial score (nSPS) is 14.4. The summed E-state index contributed by atoms with van der Waals surface area (Å²) >= 11 is 0. The van der Waals surface area contributed by atoms with Crippen molar-refractivity contribution in [2.45, 2.75) is 5.92 Å². The molecule has 2 aromatic rings. The van der Waals surface area contributed by atoms with Gasteiger partial charge in [-0.2, -0.15) is 0 Å². The molecule has 3 nitrogen and oxygen atoms in total. The number of hydrogen-bond donors (Lipinski definition) is 0. The van der Waals surface area contributed by atoms with Gasteiger partial charge in [0.1, 0.15) is 11.7 Å². The van der Waals surface area contributed by atoms with Gasteiger partial charge in [-0.05, 0) is 12.1 Å². The van der Waals surface area contributed by atoms with Gasteiger partial charge in [0.05, 0.1) is 12.7 Å². The standard InChI is InChI=1S/C16H10F2O3/c1-21-11-7-6-10(17)14(18)12(11)13-15(19)8-4-2-3-5-9(8)16(13)20/h2-7,13H,1H3. The van der Waals surface area contributed by atoms with Gasteiger partial charge in [-0.3, -0.25) is 9.59 Å². The van der Waals surface area contributed by atoms with E-state index < -0.39 is 29.1 Å². The second-order valence-electron chi connectivity index (χ2n) is 4.68. The van der Waals surface area contributed by atoms with Crippen LogP contribution in [0.2, 0.25) is 0 Å². The van der Waals surface area contributed by atoms with Crippen LogP contribution >= 0.6 is 0 Å². The zero-order chi connectivity index (χ0) is 15.1. The lowest BCUT2D eigenvalue weighted by Crippen LogP contribution is -2.16. The van der Waals surface area contributed by atoms with Crippen molar-refractivity contribution in [2.24, 2.45) is 0 Å². The molecule has 2 aromatic carbocycles. The molecule has 0 spiro atoms. The summed E-state index contributed by atoms with van der Waals surface area (Å²) in [5.74, 6) is -4.85. The number of rotatable bonds is 2. The van der Waals surface area contributed by atoms with Crippen LogP contribution in [0.5, 0.6) is 5.75 Å². The molecule has 5 heteroatoms. The lowest BCUT2D eigenvalue weighted by atomic mass is 9.92. The number of benzene rings is 2. The summed E-state index contributed by atoms with van der Waals surface area (Å²) in [4.78, 5) is 24.7. The predicted octanol–water partition coefficient (Wildman–Crippen LogP) is 3.14. The maximum Gasteiger partial charge on any atom is 0.179 e. The summed E-state index contributed by atoms with van der Waals surface area (Å²) in [6.45, 7) is 0. The van der Waals surface area contributed by atoms with Crippen molar-refractivity contribution in [2.75, 3.05) is 7.11 Å². The van der Waals surface area contributed by atoms with Gasteiger partial charge in [0.2, 0.25) is 0 Å². The van der Waals surface area contributed by atoms with Crippen LogP contribution in [-0.2, 0) is 0 Å². The molecular formula is C16H10F2O3. The Morgan fingerprint density at radius 3 is 2.05 bits per heavy atom. The molecule has 0 atom stereocenters. The van der Waals surface area contributed by atoms with E-state index in [0.29, 0.717) is 0 Å². The minimum absolute atomic E-state index is 0.0200. The molecule has 21 heavy (non-hydrogen) atoms. The highest BCUT2D eigenvalue weighted by molar-refractivity contribution is 6.29. The average Bonchev–Trinajstić information content (AvgIpc) is 2.75. The fraction of sp³-hybridized carbons (Fsp3) is 0.125. The molecule has 3 rings (SSSR count). The molecule has 0 aromatic heterocycles. The lowest BCUT2D eigenvalue weighted by Gasteiger charge is -2.14. The number of fused-ring (bicyclic) bond motifs is 1. The summed E-state index contributed by atoms with van der Waals surface area (Å²) in [5, 5.41) is 0. The Labute approximate surface area is 119 Å². The SMILES string of the molecule is COc1ccc(F)c(F)c1C1C(=O)c2ccccc2C1=O. The average molecular weight is 288 g/mol. The molecule has 0 saturated carbocycles. The molecule has 0 saturated heterocycles. The van der Waals surface area contributed by atoms with Gasteiger partial charge in [0.25, 0.3) is 0 Å². The van der Waals surface area contributed by atoms with Crippen molar-refractivity contribution in [3.63, 3.8) is 0 Å². The predicted molar refractivity (Wildman–Crippen MR) is 70.8 cm³/mol. The third-order valence-corrected chi connectivity index (χ3v) is 3.58. The van der Waals surface area contributed by atoms with Crippen molar-refractivity contribution >= 4 is 11.6 Å². The van der Waals surface area contributed by atoms with Crippen molar-refractivity contribution in [1.82, 2.24) is 0 Å². The Hall–Kier alpha value is -2.56. The molecule has 0 fully saturated rings. The lowest BCUT2D eigenvalue weighted by molar-refractivity contribution is 0.0885. The van der Waals surface area contributed by atoms with E-state index in [1.807, 2.05) is 0 Å². The van der Waals surface area contributed by atoms with E-state index in [4.69, 9.17) is 4.74 Å². The van der Waals surface area contributed by atoms with E-state index in [2.05, 4.69) is 0 Å². The van der Waals surface area contributed by atoms with Gasteiger partial charge in [-0.25, -0.2) is 8.78 Å². The summed E-state index contributed by atoms with van der Waals surface area (Å²) in [6, 6.07) is 8.33. The molecular weight excluding hydrogens is 278 g/mol. The molecule has 0 radical (unpaired) electrons. The van der Waals surface area contributed by atoms with Crippen LogP contribution in [0.25, 0.3) is 0 Å². The first kappa shape index (κ1) is 13.4. The third kappa shape index (κ3) is 1.85. The summed E-state index contributed by atoms with van der Waals surface area (Å²) in [7, 11) is 1.27. The monoisotopic (exact) mass is 288 g/mol. The van der Waals surface area contributed by atoms with Gasteiger partial charge in [0, 0.05) is 11.1 Å². The van der Waals surface area contributed by atoms with Gasteiger partial charge in [0.15, 0.2) is 23.2 Å². The number of hydrogen-bond acceptors (Lipinski definition) is 3. The topological polar surface area (TPSA) is 43.4 Å². The fourth-order valence-corrected chi connectivity index (χ4v) is 2.60. The number of ketones is 2. The first-order valence-electron chi connectivity index (χ1n) is 6.25. The highest BCUT2D eigenvalue weighted by atomic mass is 19.2. The van der Waals surface area contributed by atoms with Gasteiger partial charge in [-0.15, -0.1) is 0 Å². The number of carbonyl (C=O) groups excluding carboxylic acids is 2. The zero-order valence-corrected chi connectivity index (χ0v) is 11.0. The second-order valence-corrected chi connectivity index (χ2v) is 4.68. The van der Waals surface area contributed by atoms with Gasteiger partial charge < -0.3 is 4.74 Å². The smallest absolute Gasteiger partial charge is 0.179 e. The number of halogens is 2. The molecule has 106 valence electrons. The molecule has 1 aliphatic carbocycles. The summed E-state index contributed by atoms with van der Waals surface area (Å²) in [6.07, 6.45) is 0. The van der Waals surface area contributed by atoms with Crippen molar-refractivity contribution in [3.8, 4) is 5.75 Å². The van der Waals surface area contributed by atoms with E-state index in [1.54, 1.807) is 12.1 Å². The van der Waals surface area contributed by atoms with Gasteiger partial charge in [-0.1, -0.05) is 24.3 Å². The molecule has 0 N–H and O–H groups in total.